The first-order valence-corrected chi connectivity index (χ1v) is 7.13. The van der Waals surface area contributed by atoms with Gasteiger partial charge in [0, 0.05) is 29.2 Å². The van der Waals surface area contributed by atoms with E-state index in [2.05, 4.69) is 10.6 Å². The van der Waals surface area contributed by atoms with Crippen LogP contribution in [0, 0.1) is 5.21 Å². The first-order chi connectivity index (χ1) is 11.2. The van der Waals surface area contributed by atoms with Crippen LogP contribution in [-0.2, 0) is 0 Å². The number of hydrogen-bond donors (Lipinski definition) is 2. The van der Waals surface area contributed by atoms with Gasteiger partial charge in [0.2, 0.25) is 0 Å². The second kappa shape index (κ2) is 6.62. The molecule has 2 aromatic carbocycles. The van der Waals surface area contributed by atoms with Crippen LogP contribution in [-0.4, -0.2) is 5.91 Å². The van der Waals surface area contributed by atoms with Gasteiger partial charge in [-0.05, 0) is 36.4 Å². The van der Waals surface area contributed by atoms with Crippen LogP contribution in [0.25, 0.3) is 0 Å². The molecule has 1 amide bonds. The Kier molecular flexibility index (Phi) is 4.20. The fourth-order valence-corrected chi connectivity index (χ4v) is 2.09. The second-order valence-electron chi connectivity index (χ2n) is 4.97. The lowest BCUT2D eigenvalue weighted by Crippen LogP contribution is -2.25. The molecule has 5 nitrogen and oxygen atoms in total. The lowest BCUT2D eigenvalue weighted by atomic mass is 10.2. The molecule has 0 unspecified atom stereocenters. The molecule has 0 aliphatic heterocycles. The highest BCUT2D eigenvalue weighted by Gasteiger charge is 2.07. The zero-order valence-electron chi connectivity index (χ0n) is 12.3. The molecule has 0 spiro atoms. The second-order valence-corrected chi connectivity index (χ2v) is 4.97. The predicted octanol–water partition coefficient (Wildman–Crippen LogP) is 3.32. The van der Waals surface area contributed by atoms with Crippen LogP contribution in [0.4, 0.5) is 17.1 Å². The Morgan fingerprint density at radius 1 is 0.783 bits per heavy atom. The highest BCUT2D eigenvalue weighted by Crippen LogP contribution is 2.19. The van der Waals surface area contributed by atoms with E-state index in [0.29, 0.717) is 16.0 Å². The van der Waals surface area contributed by atoms with Crippen molar-refractivity contribution in [2.24, 2.45) is 0 Å². The van der Waals surface area contributed by atoms with Crippen LogP contribution in [0.2, 0.25) is 0 Å². The largest absolute Gasteiger partial charge is 0.619 e. The Morgan fingerprint density at radius 3 is 2.00 bits per heavy atom. The first kappa shape index (κ1) is 14.6. The van der Waals surface area contributed by atoms with Crippen molar-refractivity contribution in [1.29, 1.82) is 0 Å². The number of benzene rings is 2. The van der Waals surface area contributed by atoms with Gasteiger partial charge in [0.05, 0.1) is 5.56 Å². The molecule has 3 aromatic rings. The minimum absolute atomic E-state index is 0.255. The number of nitrogens with one attached hydrogen (secondary N) is 2. The van der Waals surface area contributed by atoms with Crippen molar-refractivity contribution in [3.63, 3.8) is 0 Å². The van der Waals surface area contributed by atoms with Gasteiger partial charge in [0.15, 0.2) is 12.4 Å². The maximum absolute atomic E-state index is 12.1. The van der Waals surface area contributed by atoms with E-state index in [1.54, 1.807) is 0 Å². The van der Waals surface area contributed by atoms with Gasteiger partial charge in [-0.25, -0.2) is 0 Å². The van der Waals surface area contributed by atoms with E-state index in [1.807, 2.05) is 54.6 Å². The maximum atomic E-state index is 12.1. The van der Waals surface area contributed by atoms with E-state index >= 15 is 0 Å². The summed E-state index contributed by atoms with van der Waals surface area (Å²) in [4.78, 5) is 12.1. The fraction of sp³-hybridized carbons (Fsp3) is 0. The van der Waals surface area contributed by atoms with Crippen LogP contribution >= 0.6 is 0 Å². The summed E-state index contributed by atoms with van der Waals surface area (Å²) < 4.78 is 0.640. The highest BCUT2D eigenvalue weighted by atomic mass is 16.5. The van der Waals surface area contributed by atoms with Crippen molar-refractivity contribution < 1.29 is 9.52 Å². The number of pyridine rings is 1. The molecule has 0 saturated heterocycles. The predicted molar refractivity (Wildman–Crippen MR) is 89.5 cm³/mol. The molecule has 1 aromatic heterocycles. The minimum Gasteiger partial charge on any atom is -0.619 e. The third kappa shape index (κ3) is 3.85. The molecule has 5 heteroatoms. The van der Waals surface area contributed by atoms with Gasteiger partial charge in [-0.2, -0.15) is 4.73 Å². The Balaban J connectivity index is 1.65. The Bertz CT molecular complexity index is 785. The van der Waals surface area contributed by atoms with Gasteiger partial charge in [-0.1, -0.05) is 18.2 Å². The Hall–Kier alpha value is -3.34. The van der Waals surface area contributed by atoms with Gasteiger partial charge in [0.25, 0.3) is 5.91 Å². The van der Waals surface area contributed by atoms with E-state index in [9.17, 15) is 10.0 Å². The van der Waals surface area contributed by atoms with Gasteiger partial charge < -0.3 is 15.8 Å². The number of aromatic nitrogens is 1. The molecule has 3 rings (SSSR count). The number of carbonyl (C=O) groups is 1. The molecule has 0 aliphatic rings. The quantitative estimate of drug-likeness (QED) is 0.574. The smallest absolute Gasteiger partial charge is 0.256 e. The molecule has 0 atom stereocenters. The molecule has 114 valence electrons. The van der Waals surface area contributed by atoms with Crippen LogP contribution in [0.3, 0.4) is 0 Å². The summed E-state index contributed by atoms with van der Waals surface area (Å²) in [7, 11) is 0. The lowest BCUT2D eigenvalue weighted by molar-refractivity contribution is -0.605. The molecule has 0 aliphatic carbocycles. The zero-order chi connectivity index (χ0) is 16.1. The average Bonchev–Trinajstić information content (AvgIpc) is 2.58. The Labute approximate surface area is 133 Å². The summed E-state index contributed by atoms with van der Waals surface area (Å²) in [6, 6.07) is 20.2. The summed E-state index contributed by atoms with van der Waals surface area (Å²) >= 11 is 0. The Morgan fingerprint density at radius 2 is 1.35 bits per heavy atom. The minimum atomic E-state index is -0.255. The summed E-state index contributed by atoms with van der Waals surface area (Å²) in [6.45, 7) is 0. The van der Waals surface area contributed by atoms with Gasteiger partial charge in [0.1, 0.15) is 0 Å². The highest BCUT2D eigenvalue weighted by molar-refractivity contribution is 6.04. The van der Waals surface area contributed by atoms with E-state index in [-0.39, 0.29) is 5.91 Å². The molecule has 2 N–H and O–H groups in total. The van der Waals surface area contributed by atoms with Crippen molar-refractivity contribution in [3.05, 3.63) is 89.9 Å². The van der Waals surface area contributed by atoms with Gasteiger partial charge in [-0.3, -0.25) is 4.79 Å². The van der Waals surface area contributed by atoms with E-state index in [1.165, 1.54) is 24.5 Å². The third-order valence-electron chi connectivity index (χ3n) is 3.27. The van der Waals surface area contributed by atoms with Crippen molar-refractivity contribution in [2.75, 3.05) is 10.6 Å². The van der Waals surface area contributed by atoms with E-state index < -0.39 is 0 Å². The van der Waals surface area contributed by atoms with Crippen molar-refractivity contribution in [1.82, 2.24) is 0 Å². The number of hydrogen-bond acceptors (Lipinski definition) is 3. The summed E-state index contributed by atoms with van der Waals surface area (Å²) in [5, 5.41) is 17.0. The molecule has 0 bridgehead atoms. The molecule has 1 heterocycles. The van der Waals surface area contributed by atoms with Crippen LogP contribution in [0.15, 0.2) is 79.1 Å². The lowest BCUT2D eigenvalue weighted by Gasteiger charge is -2.08. The third-order valence-corrected chi connectivity index (χ3v) is 3.27. The first-order valence-electron chi connectivity index (χ1n) is 7.13. The number of amides is 1. The molecule has 0 saturated carbocycles. The number of carbonyl (C=O) groups excluding carboxylic acids is 1. The number of nitrogens with zero attached hydrogens (tertiary/aromatic N) is 1. The average molecular weight is 305 g/mol. The van der Waals surface area contributed by atoms with Crippen LogP contribution < -0.4 is 15.4 Å². The number of rotatable bonds is 4. The maximum Gasteiger partial charge on any atom is 0.256 e. The monoisotopic (exact) mass is 305 g/mol. The van der Waals surface area contributed by atoms with Crippen molar-refractivity contribution in [2.45, 2.75) is 0 Å². The van der Waals surface area contributed by atoms with Crippen LogP contribution in [0.1, 0.15) is 10.4 Å². The topological polar surface area (TPSA) is 68.1 Å². The van der Waals surface area contributed by atoms with Gasteiger partial charge in [-0.15, -0.1) is 0 Å². The van der Waals surface area contributed by atoms with Crippen LogP contribution in [0.5, 0.6) is 0 Å². The molecular formula is C18H15N3O2. The van der Waals surface area contributed by atoms with Crippen molar-refractivity contribution >= 4 is 23.0 Å². The van der Waals surface area contributed by atoms with Gasteiger partial charge >= 0.3 is 0 Å². The summed E-state index contributed by atoms with van der Waals surface area (Å²) in [5.74, 6) is -0.255. The molecule has 0 fully saturated rings. The fourth-order valence-electron chi connectivity index (χ4n) is 2.09. The molecule has 0 radical (unpaired) electrons. The normalized spacial score (nSPS) is 10.1. The standard InChI is InChI=1S/C18H15N3O2/c22-18(14-10-12-21(23)13-11-14)20-17-8-6-16(7-9-17)19-15-4-2-1-3-5-15/h1-13,19H,(H,20,22). The molecular weight excluding hydrogens is 290 g/mol. The summed E-state index contributed by atoms with van der Waals surface area (Å²) in [6.07, 6.45) is 2.59. The molecule has 23 heavy (non-hydrogen) atoms. The number of anilines is 3. The SMILES string of the molecule is O=C(Nc1ccc(Nc2ccccc2)cc1)c1cc[n+]([O-])cc1. The number of para-hydroxylation sites is 1. The zero-order valence-corrected chi connectivity index (χ0v) is 12.3. The van der Waals surface area contributed by atoms with E-state index in [4.69, 9.17) is 0 Å². The van der Waals surface area contributed by atoms with E-state index in [0.717, 1.165) is 11.4 Å². The van der Waals surface area contributed by atoms with Crippen molar-refractivity contribution in [3.8, 4) is 0 Å². The summed E-state index contributed by atoms with van der Waals surface area (Å²) in [5.41, 5.74) is 3.05.